The van der Waals surface area contributed by atoms with Gasteiger partial charge in [-0.25, -0.2) is 0 Å². The van der Waals surface area contributed by atoms with Crippen LogP contribution in [-0.4, -0.2) is 22.4 Å². The Morgan fingerprint density at radius 1 is 1.13 bits per heavy atom. The number of aliphatic hydroxyl groups is 1. The molecule has 0 spiro atoms. The molecule has 4 atom stereocenters. The fourth-order valence-corrected chi connectivity index (χ4v) is 5.14. The first-order valence-corrected chi connectivity index (χ1v) is 9.38. The number of hydrogen-bond acceptors (Lipinski definition) is 2. The molecule has 1 aliphatic rings. The molecule has 1 fully saturated rings. The van der Waals surface area contributed by atoms with Crippen molar-refractivity contribution in [3.8, 4) is 0 Å². The summed E-state index contributed by atoms with van der Waals surface area (Å²) in [5.41, 5.74) is 3.44. The van der Waals surface area contributed by atoms with Gasteiger partial charge in [-0.05, 0) is 0 Å². The van der Waals surface area contributed by atoms with E-state index in [2.05, 4.69) is 55.5 Å². The Morgan fingerprint density at radius 2 is 1.74 bits per heavy atom. The maximum absolute atomic E-state index is 10.7. The minimum atomic E-state index is -0.439. The van der Waals surface area contributed by atoms with E-state index in [0.717, 1.165) is 4.08 Å². The van der Waals surface area contributed by atoms with Gasteiger partial charge < -0.3 is 0 Å². The molecule has 1 N–H and O–H groups in total. The van der Waals surface area contributed by atoms with E-state index in [-0.39, 0.29) is 17.3 Å². The molecule has 0 bridgehead atoms. The van der Waals surface area contributed by atoms with Crippen LogP contribution in [0.4, 0.5) is 0 Å². The van der Waals surface area contributed by atoms with Crippen LogP contribution in [0.2, 0.25) is 0 Å². The van der Waals surface area contributed by atoms with E-state index >= 15 is 0 Å². The molecule has 3 rings (SSSR count). The molecule has 0 aliphatic heterocycles. The van der Waals surface area contributed by atoms with E-state index in [9.17, 15) is 5.11 Å². The third-order valence-electron chi connectivity index (χ3n) is 5.11. The first-order valence-electron chi connectivity index (χ1n) is 7.91. The Balaban J connectivity index is 2.12. The summed E-state index contributed by atoms with van der Waals surface area (Å²) < 4.78 is 6.69. The fraction of sp³-hybridized carbons (Fsp3) is 0.350. The molecule has 0 radical (unpaired) electrons. The zero-order valence-electron chi connectivity index (χ0n) is 13.7. The van der Waals surface area contributed by atoms with Crippen molar-refractivity contribution in [1.29, 1.82) is 0 Å². The second-order valence-corrected chi connectivity index (χ2v) is 7.81. The van der Waals surface area contributed by atoms with Gasteiger partial charge in [-0.1, -0.05) is 0 Å². The molecule has 23 heavy (non-hydrogen) atoms. The Hall–Kier alpha value is -1.08. The average molecular weight is 478 g/mol. The van der Waals surface area contributed by atoms with Crippen molar-refractivity contribution < 1.29 is 29.2 Å². The van der Waals surface area contributed by atoms with Crippen LogP contribution in [0, 0.1) is 12.8 Å². The van der Waals surface area contributed by atoms with Crippen molar-refractivity contribution in [3.63, 3.8) is 0 Å². The van der Waals surface area contributed by atoms with Gasteiger partial charge in [0.05, 0.1) is 0 Å². The molecular formula is C20H22O2W. The third kappa shape index (κ3) is 2.67. The van der Waals surface area contributed by atoms with Crippen LogP contribution in [0.15, 0.2) is 54.6 Å². The topological polar surface area (TPSA) is 29.5 Å². The Bertz CT molecular complexity index is 693. The summed E-state index contributed by atoms with van der Waals surface area (Å²) in [5.74, 6) is 0.491. The van der Waals surface area contributed by atoms with Crippen LogP contribution in [0.25, 0.3) is 0 Å². The summed E-state index contributed by atoms with van der Waals surface area (Å²) in [6.07, 6.45) is -0.439. The molecule has 1 saturated carbocycles. The zero-order chi connectivity index (χ0) is 16.6. The molecule has 0 saturated heterocycles. The molecule has 0 aromatic heterocycles. The Morgan fingerprint density at radius 3 is 2.26 bits per heavy atom. The molecule has 0 amide bonds. The van der Waals surface area contributed by atoms with Crippen molar-refractivity contribution >= 4 is 4.08 Å². The number of hydrogen-bond donors (Lipinski definition) is 1. The monoisotopic (exact) mass is 478 g/mol. The second kappa shape index (κ2) is 6.43. The van der Waals surface area contributed by atoms with Crippen molar-refractivity contribution in [3.05, 3.63) is 71.3 Å². The molecule has 1 unspecified atom stereocenters. The molecule has 3 heteroatoms. The van der Waals surface area contributed by atoms with E-state index in [1.807, 2.05) is 13.0 Å². The average Bonchev–Trinajstić information content (AvgIpc) is 3.27. The van der Waals surface area contributed by atoms with Crippen molar-refractivity contribution in [2.45, 2.75) is 31.3 Å². The van der Waals surface area contributed by atoms with Crippen LogP contribution >= 0.6 is 0 Å². The SMILES string of the molecule is CO[C](=[W])[C@@H]1[C@@H](c2ccc(C)cc2)[C@@]1(c1ccccc1)C(C)O. The quantitative estimate of drug-likeness (QED) is 0.715. The van der Waals surface area contributed by atoms with Gasteiger partial charge in [0.2, 0.25) is 0 Å². The van der Waals surface area contributed by atoms with E-state index in [1.165, 1.54) is 36.0 Å². The van der Waals surface area contributed by atoms with Crippen molar-refractivity contribution in [2.75, 3.05) is 7.11 Å². The van der Waals surface area contributed by atoms with Gasteiger partial charge in [0.1, 0.15) is 0 Å². The molecule has 120 valence electrons. The predicted molar refractivity (Wildman–Crippen MR) is 89.2 cm³/mol. The number of aryl methyl sites for hydroxylation is 1. The van der Waals surface area contributed by atoms with Crippen molar-refractivity contribution in [1.82, 2.24) is 0 Å². The number of benzene rings is 2. The van der Waals surface area contributed by atoms with Crippen LogP contribution < -0.4 is 0 Å². The van der Waals surface area contributed by atoms with E-state index < -0.39 is 6.10 Å². The van der Waals surface area contributed by atoms with Gasteiger partial charge >= 0.3 is 149 Å². The standard InChI is InChI=1S/C20H22O2.W/c1-14-9-11-16(12-10-14)19-18(13-22-3)20(19,15(2)21)17-7-5-4-6-8-17;/h4-12,15,18-19,21H,1-3H3;/t15?,18-,19-,20-;/m1./s1. The van der Waals surface area contributed by atoms with Crippen molar-refractivity contribution in [2.24, 2.45) is 5.92 Å². The molecule has 2 aromatic rings. The van der Waals surface area contributed by atoms with Crippen LogP contribution in [0.1, 0.15) is 29.5 Å². The number of ether oxygens (including phenoxy) is 1. The fourth-order valence-electron chi connectivity index (χ4n) is 3.95. The van der Waals surface area contributed by atoms with Gasteiger partial charge in [-0.15, -0.1) is 0 Å². The van der Waals surface area contributed by atoms with Gasteiger partial charge in [-0.2, -0.15) is 0 Å². The summed E-state index contributed by atoms with van der Waals surface area (Å²) in [7, 11) is 1.74. The molecule has 1 aliphatic carbocycles. The summed E-state index contributed by atoms with van der Waals surface area (Å²) >= 11 is 1.34. The summed E-state index contributed by atoms with van der Waals surface area (Å²) in [4.78, 5) is 0. The van der Waals surface area contributed by atoms with Crippen LogP contribution in [-0.2, 0) is 29.5 Å². The van der Waals surface area contributed by atoms with Gasteiger partial charge in [-0.3, -0.25) is 0 Å². The van der Waals surface area contributed by atoms with E-state index in [1.54, 1.807) is 7.11 Å². The predicted octanol–water partition coefficient (Wildman–Crippen LogP) is 3.35. The second-order valence-electron chi connectivity index (χ2n) is 6.36. The van der Waals surface area contributed by atoms with E-state index in [0.29, 0.717) is 0 Å². The Kier molecular flexibility index (Phi) is 4.69. The van der Waals surface area contributed by atoms with Crippen LogP contribution in [0.5, 0.6) is 0 Å². The van der Waals surface area contributed by atoms with Gasteiger partial charge in [0.15, 0.2) is 0 Å². The minimum absolute atomic E-state index is 0.229. The Labute approximate surface area is 148 Å². The number of aliphatic hydroxyl groups excluding tert-OH is 1. The van der Waals surface area contributed by atoms with Gasteiger partial charge in [0.25, 0.3) is 0 Å². The van der Waals surface area contributed by atoms with Gasteiger partial charge in [0, 0.05) is 0 Å². The third-order valence-corrected chi connectivity index (χ3v) is 6.62. The molecule has 2 aromatic carbocycles. The number of rotatable bonds is 5. The first kappa shape index (κ1) is 16.8. The summed E-state index contributed by atoms with van der Waals surface area (Å²) in [5, 5.41) is 10.7. The number of methoxy groups -OCH3 is 1. The first-order chi connectivity index (χ1) is 11.0. The van der Waals surface area contributed by atoms with Crippen LogP contribution in [0.3, 0.4) is 0 Å². The molecule has 0 heterocycles. The normalized spacial score (nSPS) is 27.5. The summed E-state index contributed by atoms with van der Waals surface area (Å²) in [6, 6.07) is 19.1. The molecular weight excluding hydrogens is 456 g/mol. The summed E-state index contributed by atoms with van der Waals surface area (Å²) in [6.45, 7) is 4.01. The molecule has 2 nitrogen and oxygen atoms in total. The zero-order valence-corrected chi connectivity index (χ0v) is 16.6. The maximum atomic E-state index is 10.7. The van der Waals surface area contributed by atoms with E-state index in [4.69, 9.17) is 4.74 Å².